The standard InChI is InChI=1S/2C9H7NO.C9H9N.C9H8O.C8H8N2.C8H7NO.2C8H7N.3C7H6N2.C7H5NO.CH4/c11-9-5-6-10-8-4-2-1-3-7(8)9;11-9-8-4-2-1-3-7(8)5-6-10-9;1-7-6-8-4-2-3-5-9(8)10-7;10-9-6-5-7-3-1-2-4-8(7)9;2*1-6-9-7-4-2-3-5-8(7)10-6;2*1-2-4-8-7(3-1)5-6-9-8;1-2-6-3-5-9-7(6)8-4-1;3*1-2-4-7-6(3-1)8-5-9-7;/h1-4,6H,5H2;1-6H,(H,10,11);2-5,10H,1,6H2;1-4H,5-6H2;2-5,9-10H,1H2;2-5,9H,1H2;2*1-6,9H;3*1-5H,(H,8,9);1-5H;1H4. The Bertz CT molecular complexity index is 5640. The molecule has 20 nitrogen and oxygen atoms in total. The van der Waals surface area contributed by atoms with Gasteiger partial charge in [0.2, 0.25) is 0 Å². The molecule has 117 heavy (non-hydrogen) atoms. The fraction of sp³-hybridized carbons (Fsp3) is 0.0515. The van der Waals surface area contributed by atoms with Gasteiger partial charge in [-0.2, -0.15) is 0 Å². The lowest BCUT2D eigenvalue weighted by Gasteiger charge is -2.06. The van der Waals surface area contributed by atoms with Gasteiger partial charge in [-0.05, 0) is 174 Å². The molecule has 12 heterocycles. The molecule has 0 fully saturated rings. The van der Waals surface area contributed by atoms with Gasteiger partial charge in [-0.1, -0.05) is 190 Å². The highest BCUT2D eigenvalue weighted by atomic mass is 16.5. The summed E-state index contributed by atoms with van der Waals surface area (Å²) >= 11 is 0. The number of imidazole rings is 2. The van der Waals surface area contributed by atoms with Gasteiger partial charge in [0.05, 0.1) is 57.5 Å². The first-order valence-electron chi connectivity index (χ1n) is 37.4. The van der Waals surface area contributed by atoms with Crippen LogP contribution in [0.3, 0.4) is 0 Å². The van der Waals surface area contributed by atoms with Crippen LogP contribution in [0.25, 0.3) is 76.8 Å². The molecular formula is C97H87N15O5. The van der Waals surface area contributed by atoms with E-state index in [1.54, 1.807) is 31.3 Å². The van der Waals surface area contributed by atoms with Gasteiger partial charge in [0.25, 0.3) is 5.56 Å². The van der Waals surface area contributed by atoms with Crippen molar-refractivity contribution in [3.8, 4) is 5.75 Å². The van der Waals surface area contributed by atoms with Crippen LogP contribution in [0.4, 0.5) is 28.4 Å². The Kier molecular flexibility index (Phi) is 28.5. The van der Waals surface area contributed by atoms with E-state index >= 15 is 0 Å². The van der Waals surface area contributed by atoms with Gasteiger partial charge in [0.15, 0.2) is 35.2 Å². The van der Waals surface area contributed by atoms with E-state index in [9.17, 15) is 14.4 Å². The van der Waals surface area contributed by atoms with Crippen molar-refractivity contribution in [3.63, 3.8) is 0 Å². The van der Waals surface area contributed by atoms with Crippen LogP contribution in [-0.2, 0) is 12.8 Å². The summed E-state index contributed by atoms with van der Waals surface area (Å²) in [6, 6.07) is 98.8. The van der Waals surface area contributed by atoms with Gasteiger partial charge in [-0.3, -0.25) is 19.4 Å². The number of aryl methyl sites for hydroxylation is 1. The first-order valence-corrected chi connectivity index (χ1v) is 37.4. The van der Waals surface area contributed by atoms with E-state index in [-0.39, 0.29) is 18.8 Å². The van der Waals surface area contributed by atoms with Crippen LogP contribution in [0.15, 0.2) is 405 Å². The summed E-state index contributed by atoms with van der Waals surface area (Å²) in [5, 5.41) is 17.8. The largest absolute Gasteiger partial charge is 0.443 e. The molecule has 19 aromatic rings. The van der Waals surface area contributed by atoms with E-state index in [2.05, 4.69) is 150 Å². The minimum absolute atomic E-state index is 0. The third kappa shape index (κ3) is 22.9. The number of ether oxygens (including phenoxy) is 1. The molecule has 0 unspecified atom stereocenters. The number of nitrogens with zero attached hydrogens (tertiary/aromatic N) is 5. The number of aromatic amines is 6. The highest BCUT2D eigenvalue weighted by Gasteiger charge is 2.18. The zero-order valence-corrected chi connectivity index (χ0v) is 63.3. The lowest BCUT2D eigenvalue weighted by Crippen LogP contribution is -2.03. The number of ketones is 2. The highest BCUT2D eigenvalue weighted by Crippen LogP contribution is 2.32. The molecule has 10 N–H and O–H groups in total. The number of rotatable bonds is 0. The van der Waals surface area contributed by atoms with E-state index in [1.165, 1.54) is 45.0 Å². The lowest BCUT2D eigenvalue weighted by molar-refractivity contribution is 0.0989. The minimum Gasteiger partial charge on any atom is -0.443 e. The van der Waals surface area contributed by atoms with Gasteiger partial charge in [-0.15, -0.1) is 0 Å². The molecule has 0 atom stereocenters. The second-order valence-electron chi connectivity index (χ2n) is 26.1. The van der Waals surface area contributed by atoms with Gasteiger partial charge in [0, 0.05) is 101 Å². The topological polar surface area (TPSA) is 280 Å². The number of Topliss-reactive ketones (excluding diaryl/α,β-unsaturated/α-hetero) is 2. The van der Waals surface area contributed by atoms with Crippen LogP contribution in [0, 0.1) is 0 Å². The van der Waals surface area contributed by atoms with Crippen LogP contribution >= 0.6 is 0 Å². The number of aliphatic imine (C=N–C) groups is 1. The molecule has 4 aliphatic heterocycles. The number of anilines is 4. The van der Waals surface area contributed by atoms with Gasteiger partial charge in [0.1, 0.15) is 17.0 Å². The quantitative estimate of drug-likeness (QED) is 0.0677. The fourth-order valence-electron chi connectivity index (χ4n) is 12.4. The summed E-state index contributed by atoms with van der Waals surface area (Å²) in [7, 11) is 0. The van der Waals surface area contributed by atoms with E-state index in [0.29, 0.717) is 24.5 Å². The predicted octanol–water partition coefficient (Wildman–Crippen LogP) is 22.9. The number of fused-ring (bicyclic) bond motifs is 12. The average Bonchev–Trinajstić information content (AvgIpc) is 1.39. The molecule has 0 spiro atoms. The van der Waals surface area contributed by atoms with Crippen molar-refractivity contribution in [1.29, 1.82) is 0 Å². The molecule has 0 saturated carbocycles. The Morgan fingerprint density at radius 3 is 1.50 bits per heavy atom. The molecule has 11 aromatic carbocycles. The monoisotopic (exact) mass is 1540 g/mol. The van der Waals surface area contributed by atoms with Crippen LogP contribution in [-0.4, -0.2) is 67.6 Å². The van der Waals surface area contributed by atoms with Crippen molar-refractivity contribution in [2.45, 2.75) is 33.1 Å². The third-order valence-corrected chi connectivity index (χ3v) is 18.1. The molecule has 0 bridgehead atoms. The fourth-order valence-corrected chi connectivity index (χ4v) is 12.4. The highest BCUT2D eigenvalue weighted by molar-refractivity contribution is 6.10. The first kappa shape index (κ1) is 80.6. The second-order valence-corrected chi connectivity index (χ2v) is 26.1. The van der Waals surface area contributed by atoms with E-state index < -0.39 is 0 Å². The van der Waals surface area contributed by atoms with Gasteiger partial charge >= 0.3 is 0 Å². The summed E-state index contributed by atoms with van der Waals surface area (Å²) in [5.41, 5.74) is 19.9. The molecule has 580 valence electrons. The molecular weight excluding hydrogens is 1460 g/mol. The van der Waals surface area contributed by atoms with Crippen molar-refractivity contribution < 1.29 is 18.7 Å². The van der Waals surface area contributed by atoms with Crippen molar-refractivity contribution in [3.05, 3.63) is 423 Å². The number of allylic oxidation sites excluding steroid dienone is 1. The van der Waals surface area contributed by atoms with Gasteiger partial charge < -0.3 is 60.3 Å². The molecule has 0 amide bonds. The van der Waals surface area contributed by atoms with E-state index in [4.69, 9.17) is 9.15 Å². The maximum Gasteiger partial charge on any atom is 0.255 e. The molecule has 0 radical (unpaired) electrons. The van der Waals surface area contributed by atoms with Crippen LogP contribution in [0.2, 0.25) is 0 Å². The number of oxazole rings is 1. The van der Waals surface area contributed by atoms with Crippen molar-refractivity contribution >= 4 is 123 Å². The van der Waals surface area contributed by atoms with Crippen molar-refractivity contribution in [2.24, 2.45) is 4.99 Å². The molecule has 20 heteroatoms. The summed E-state index contributed by atoms with van der Waals surface area (Å²) in [4.78, 5) is 71.5. The summed E-state index contributed by atoms with van der Waals surface area (Å²) < 4.78 is 10.2. The Labute approximate surface area is 676 Å². The lowest BCUT2D eigenvalue weighted by atomic mass is 10.0. The van der Waals surface area contributed by atoms with Gasteiger partial charge in [-0.25, -0.2) is 19.9 Å². The van der Waals surface area contributed by atoms with Crippen molar-refractivity contribution in [1.82, 2.24) is 49.8 Å². The number of pyridine rings is 2. The third-order valence-electron chi connectivity index (χ3n) is 18.1. The molecule has 8 aromatic heterocycles. The van der Waals surface area contributed by atoms with Crippen LogP contribution in [0.5, 0.6) is 5.75 Å². The molecule has 0 saturated heterocycles. The van der Waals surface area contributed by atoms with Crippen LogP contribution < -0.4 is 31.6 Å². The SMILES string of the molecule is C.C=C1Cc2ccccc2N1.C=C1Nc2ccccc2N1.C=C1Nc2ccccc2O1.O=C1CC=Nc2ccccc21.O=C1CCc2ccccc21.O=c1[nH]ccc2ccccc12.c1ccc2[nH]ccc2c1.c1ccc2[nH]ccc2c1.c1ccc2[nH]cnc2c1.c1ccc2[nH]cnc2c1.c1ccc2ocnc2c1.c1cnc2[nH]ccc2c1. The Balaban J connectivity index is 0.000000117. The Hall–Kier alpha value is -16.0. The number of carbonyl (C=O) groups is 2. The zero-order chi connectivity index (χ0) is 79.9. The number of nitrogens with one attached hydrogen (secondary N) is 10. The number of H-pyrrole nitrogens is 6. The maximum absolute atomic E-state index is 11.2. The molecule has 1 aliphatic carbocycles. The number of carbonyl (C=O) groups excluding carboxylic acids is 2. The number of benzene rings is 11. The maximum atomic E-state index is 11.2. The summed E-state index contributed by atoms with van der Waals surface area (Å²) in [5.74, 6) is 2.76. The molecule has 5 aliphatic rings. The number of hydrogen-bond donors (Lipinski definition) is 10. The number of aromatic nitrogens is 10. The number of hydrogen-bond acceptors (Lipinski definition) is 14. The number of para-hydroxylation sites is 14. The molecule has 24 rings (SSSR count). The van der Waals surface area contributed by atoms with Crippen LogP contribution in [0.1, 0.15) is 52.1 Å². The normalized spacial score (nSPS) is 12.0. The second kappa shape index (κ2) is 41.4. The van der Waals surface area contributed by atoms with Crippen molar-refractivity contribution in [2.75, 3.05) is 21.3 Å². The summed E-state index contributed by atoms with van der Waals surface area (Å²) in [6.07, 6.45) is 18.8. The summed E-state index contributed by atoms with van der Waals surface area (Å²) in [6.45, 7) is 11.2. The predicted molar refractivity (Wildman–Crippen MR) is 478 cm³/mol. The van der Waals surface area contributed by atoms with E-state index in [1.807, 2.05) is 267 Å². The first-order chi connectivity index (χ1) is 57.0. The minimum atomic E-state index is -0.0249. The Morgan fingerprint density at radius 2 is 0.880 bits per heavy atom. The average molecular weight is 1540 g/mol. The van der Waals surface area contributed by atoms with E-state index in [0.717, 1.165) is 119 Å². The Morgan fingerprint density at radius 1 is 0.368 bits per heavy atom. The zero-order valence-electron chi connectivity index (χ0n) is 63.3. The smallest absolute Gasteiger partial charge is 0.255 e.